The summed E-state index contributed by atoms with van der Waals surface area (Å²) in [7, 11) is 5.52. The summed E-state index contributed by atoms with van der Waals surface area (Å²) in [5.74, 6) is 1.84. The number of hydrogen-bond acceptors (Lipinski definition) is 3. The summed E-state index contributed by atoms with van der Waals surface area (Å²) in [5.41, 5.74) is -0.269. The van der Waals surface area contributed by atoms with Gasteiger partial charge in [-0.25, -0.2) is 0 Å². The fourth-order valence-electron chi connectivity index (χ4n) is 4.47. The molecule has 0 radical (unpaired) electrons. The van der Waals surface area contributed by atoms with Crippen LogP contribution in [-0.4, -0.2) is 75.0 Å². The van der Waals surface area contributed by atoms with Crippen LogP contribution in [-0.2, 0) is 4.79 Å². The number of aliphatic imine (C=N–C) groups is 1. The Morgan fingerprint density at radius 3 is 2.54 bits per heavy atom. The minimum atomic E-state index is -0.269. The lowest BCUT2D eigenvalue weighted by atomic mass is 9.84. The van der Waals surface area contributed by atoms with Crippen LogP contribution in [0.15, 0.2) is 4.99 Å². The Balaban J connectivity index is 1.84. The molecule has 6 heteroatoms. The summed E-state index contributed by atoms with van der Waals surface area (Å²) in [6.45, 7) is 8.55. The molecule has 2 aliphatic rings. The molecule has 1 amide bonds. The molecule has 0 spiro atoms. The van der Waals surface area contributed by atoms with Crippen LogP contribution in [0.5, 0.6) is 0 Å². The van der Waals surface area contributed by atoms with Gasteiger partial charge in [0, 0.05) is 46.8 Å². The van der Waals surface area contributed by atoms with Gasteiger partial charge in [-0.3, -0.25) is 14.7 Å². The van der Waals surface area contributed by atoms with Gasteiger partial charge >= 0.3 is 0 Å². The van der Waals surface area contributed by atoms with Gasteiger partial charge in [-0.15, -0.1) is 0 Å². The largest absolute Gasteiger partial charge is 0.355 e. The average molecular weight is 366 g/mol. The third-order valence-electron chi connectivity index (χ3n) is 6.12. The number of hydrogen-bond donors (Lipinski definition) is 2. The molecule has 0 bridgehead atoms. The Morgan fingerprint density at radius 1 is 1.27 bits per heavy atom. The van der Waals surface area contributed by atoms with Gasteiger partial charge in [0.25, 0.3) is 0 Å². The summed E-state index contributed by atoms with van der Waals surface area (Å²) in [4.78, 5) is 21.4. The molecular formula is C20H39N5O. The van der Waals surface area contributed by atoms with Crippen LogP contribution in [0.1, 0.15) is 52.4 Å². The standard InChI is InChI=1S/C20H39N5O/c1-16-9-8-12-25(14-16)17(2)13-22-19(21-3)23-15-20(10-6-7-11-20)18(26)24(4)5/h16-17H,6-15H2,1-5H3,(H2,21,22,23). The van der Waals surface area contributed by atoms with Gasteiger partial charge in [0.15, 0.2) is 5.96 Å². The van der Waals surface area contributed by atoms with Crippen LogP contribution in [0.3, 0.4) is 0 Å². The Kier molecular flexibility index (Phi) is 7.74. The fraction of sp³-hybridized carbons (Fsp3) is 0.900. The zero-order valence-electron chi connectivity index (χ0n) is 17.5. The van der Waals surface area contributed by atoms with Gasteiger partial charge in [-0.1, -0.05) is 19.8 Å². The molecule has 1 saturated carbocycles. The van der Waals surface area contributed by atoms with E-state index in [2.05, 4.69) is 34.4 Å². The predicted octanol–water partition coefficient (Wildman–Crippen LogP) is 1.92. The zero-order valence-corrected chi connectivity index (χ0v) is 17.5. The lowest BCUT2D eigenvalue weighted by molar-refractivity contribution is -0.138. The monoisotopic (exact) mass is 365 g/mol. The van der Waals surface area contributed by atoms with Crippen molar-refractivity contribution in [2.75, 3.05) is 47.3 Å². The van der Waals surface area contributed by atoms with Crippen molar-refractivity contribution < 1.29 is 4.79 Å². The van der Waals surface area contributed by atoms with Crippen molar-refractivity contribution in [1.82, 2.24) is 20.4 Å². The van der Waals surface area contributed by atoms with Crippen molar-refractivity contribution in [3.63, 3.8) is 0 Å². The van der Waals surface area contributed by atoms with E-state index >= 15 is 0 Å². The number of rotatable bonds is 6. The van der Waals surface area contributed by atoms with Gasteiger partial charge in [0.05, 0.1) is 5.41 Å². The molecule has 2 N–H and O–H groups in total. The first-order chi connectivity index (χ1) is 12.4. The molecule has 150 valence electrons. The van der Waals surface area contributed by atoms with Gasteiger partial charge < -0.3 is 15.5 Å². The summed E-state index contributed by atoms with van der Waals surface area (Å²) in [6, 6.07) is 0.486. The number of piperidine rings is 1. The van der Waals surface area contributed by atoms with E-state index in [1.54, 1.807) is 11.9 Å². The van der Waals surface area contributed by atoms with E-state index in [-0.39, 0.29) is 11.3 Å². The Bertz CT molecular complexity index is 485. The third kappa shape index (κ3) is 5.35. The molecule has 0 aromatic rings. The summed E-state index contributed by atoms with van der Waals surface area (Å²) in [5, 5.41) is 6.89. The molecule has 1 saturated heterocycles. The molecule has 2 atom stereocenters. The first kappa shape index (κ1) is 21.0. The van der Waals surface area contributed by atoms with E-state index in [9.17, 15) is 4.79 Å². The molecule has 2 unspecified atom stereocenters. The molecule has 2 rings (SSSR count). The van der Waals surface area contributed by atoms with E-state index in [1.807, 2.05) is 14.1 Å². The second-order valence-corrected chi connectivity index (χ2v) is 8.59. The van der Waals surface area contributed by atoms with Crippen molar-refractivity contribution >= 4 is 11.9 Å². The second kappa shape index (κ2) is 9.58. The molecule has 1 heterocycles. The molecule has 0 aromatic heterocycles. The minimum Gasteiger partial charge on any atom is -0.355 e. The smallest absolute Gasteiger partial charge is 0.230 e. The number of carbonyl (C=O) groups excluding carboxylic acids is 1. The van der Waals surface area contributed by atoms with Crippen molar-refractivity contribution in [2.45, 2.75) is 58.4 Å². The van der Waals surface area contributed by atoms with E-state index in [1.165, 1.54) is 25.9 Å². The number of carbonyl (C=O) groups is 1. The SMILES string of the molecule is CN=C(NCC(C)N1CCCC(C)C1)NCC1(C(=O)N(C)C)CCCC1. The Labute approximate surface area is 159 Å². The van der Waals surface area contributed by atoms with Crippen molar-refractivity contribution in [3.8, 4) is 0 Å². The first-order valence-corrected chi connectivity index (χ1v) is 10.3. The van der Waals surface area contributed by atoms with Gasteiger partial charge in [-0.05, 0) is 45.1 Å². The average Bonchev–Trinajstić information content (AvgIpc) is 3.11. The van der Waals surface area contributed by atoms with Crippen molar-refractivity contribution in [1.29, 1.82) is 0 Å². The van der Waals surface area contributed by atoms with Crippen LogP contribution in [0.2, 0.25) is 0 Å². The van der Waals surface area contributed by atoms with E-state index in [4.69, 9.17) is 0 Å². The van der Waals surface area contributed by atoms with Crippen molar-refractivity contribution in [3.05, 3.63) is 0 Å². The Hall–Kier alpha value is -1.30. The molecule has 26 heavy (non-hydrogen) atoms. The summed E-state index contributed by atoms with van der Waals surface area (Å²) < 4.78 is 0. The number of likely N-dealkylation sites (tertiary alicyclic amines) is 1. The van der Waals surface area contributed by atoms with E-state index in [0.717, 1.165) is 44.1 Å². The third-order valence-corrected chi connectivity index (χ3v) is 6.12. The highest BCUT2D eigenvalue weighted by Crippen LogP contribution is 2.38. The predicted molar refractivity (Wildman–Crippen MR) is 108 cm³/mol. The maximum absolute atomic E-state index is 12.7. The van der Waals surface area contributed by atoms with E-state index < -0.39 is 0 Å². The van der Waals surface area contributed by atoms with Gasteiger partial charge in [-0.2, -0.15) is 0 Å². The van der Waals surface area contributed by atoms with Crippen LogP contribution < -0.4 is 10.6 Å². The Morgan fingerprint density at radius 2 is 1.96 bits per heavy atom. The van der Waals surface area contributed by atoms with Crippen LogP contribution in [0.25, 0.3) is 0 Å². The molecule has 1 aliphatic heterocycles. The molecule has 0 aromatic carbocycles. The second-order valence-electron chi connectivity index (χ2n) is 8.59. The normalized spacial score (nSPS) is 25.0. The zero-order chi connectivity index (χ0) is 19.2. The first-order valence-electron chi connectivity index (χ1n) is 10.3. The van der Waals surface area contributed by atoms with Crippen molar-refractivity contribution in [2.24, 2.45) is 16.3 Å². The molecular weight excluding hydrogens is 326 g/mol. The van der Waals surface area contributed by atoms with Crippen LogP contribution in [0.4, 0.5) is 0 Å². The highest BCUT2D eigenvalue weighted by molar-refractivity contribution is 5.85. The number of nitrogens with one attached hydrogen (secondary N) is 2. The highest BCUT2D eigenvalue weighted by Gasteiger charge is 2.42. The quantitative estimate of drug-likeness (QED) is 0.558. The fourth-order valence-corrected chi connectivity index (χ4v) is 4.47. The lowest BCUT2D eigenvalue weighted by Crippen LogP contribution is -2.51. The van der Waals surface area contributed by atoms with Crippen LogP contribution in [0, 0.1) is 11.3 Å². The van der Waals surface area contributed by atoms with Crippen LogP contribution >= 0.6 is 0 Å². The lowest BCUT2D eigenvalue weighted by Gasteiger charge is -2.36. The highest BCUT2D eigenvalue weighted by atomic mass is 16.2. The molecule has 1 aliphatic carbocycles. The van der Waals surface area contributed by atoms with Gasteiger partial charge in [0.2, 0.25) is 5.91 Å². The minimum absolute atomic E-state index is 0.244. The van der Waals surface area contributed by atoms with E-state index in [0.29, 0.717) is 12.6 Å². The molecule has 6 nitrogen and oxygen atoms in total. The molecule has 2 fully saturated rings. The number of amides is 1. The summed E-state index contributed by atoms with van der Waals surface area (Å²) >= 11 is 0. The van der Waals surface area contributed by atoms with Gasteiger partial charge in [0.1, 0.15) is 0 Å². The maximum Gasteiger partial charge on any atom is 0.230 e. The maximum atomic E-state index is 12.7. The number of guanidine groups is 1. The number of nitrogens with zero attached hydrogens (tertiary/aromatic N) is 3. The topological polar surface area (TPSA) is 60.0 Å². The summed E-state index contributed by atoms with van der Waals surface area (Å²) in [6.07, 6.45) is 6.86.